The van der Waals surface area contributed by atoms with Crippen LogP contribution in [0.1, 0.15) is 50.6 Å². The van der Waals surface area contributed by atoms with E-state index in [1.165, 1.54) is 23.3 Å². The molecule has 4 amide bonds. The van der Waals surface area contributed by atoms with Crippen LogP contribution in [0.25, 0.3) is 21.6 Å². The first-order valence-corrected chi connectivity index (χ1v) is 20.6. The first-order valence-electron chi connectivity index (χ1n) is 16.7. The summed E-state index contributed by atoms with van der Waals surface area (Å²) in [6.07, 6.45) is 6.61. The fourth-order valence-corrected chi connectivity index (χ4v) is 9.53. The van der Waals surface area contributed by atoms with Gasteiger partial charge in [-0.2, -0.15) is 5.26 Å². The maximum atomic E-state index is 14.2. The molecule has 0 bridgehead atoms. The van der Waals surface area contributed by atoms with Gasteiger partial charge in [-0.05, 0) is 50.7 Å². The van der Waals surface area contributed by atoms with Gasteiger partial charge < -0.3 is 24.6 Å². The number of nitriles is 1. The van der Waals surface area contributed by atoms with Crippen LogP contribution in [-0.2, 0) is 19.6 Å². The predicted molar refractivity (Wildman–Crippen MR) is 202 cm³/mol. The number of hydrogen-bond acceptors (Lipinski definition) is 11. The second-order valence-corrected chi connectivity index (χ2v) is 19.5. The number of alkyl halides is 1. The molecule has 2 aliphatic heterocycles. The molecule has 2 aromatic heterocycles. The molecule has 0 spiro atoms. The number of thiazole rings is 1. The van der Waals surface area contributed by atoms with Gasteiger partial charge >= 0.3 is 6.03 Å². The van der Waals surface area contributed by atoms with Crippen LogP contribution in [-0.4, -0.2) is 93.7 Å². The summed E-state index contributed by atoms with van der Waals surface area (Å²) in [5.74, 6) is -0.712. The number of pyridine rings is 1. The number of amides is 4. The highest BCUT2D eigenvalue weighted by Crippen LogP contribution is 2.51. The lowest BCUT2D eigenvalue weighted by molar-refractivity contribution is -0.134. The zero-order chi connectivity index (χ0) is 37.0. The summed E-state index contributed by atoms with van der Waals surface area (Å²) in [6.45, 7) is 0.481. The monoisotopic (exact) mass is 879 g/mol. The molecule has 4 heterocycles. The molecular formula is C34H35ClIN7O7S2. The molecule has 4 atom stereocenters. The third-order valence-electron chi connectivity index (χ3n) is 9.97. The number of nitrogens with zero attached hydrogens (tertiary/aromatic N) is 5. The first kappa shape index (κ1) is 36.6. The van der Waals surface area contributed by atoms with Crippen LogP contribution < -0.4 is 19.5 Å². The Morgan fingerprint density at radius 2 is 2.02 bits per heavy atom. The summed E-state index contributed by atoms with van der Waals surface area (Å²) >= 11 is 9.81. The second-order valence-electron chi connectivity index (χ2n) is 13.5. The number of urea groups is 1. The number of halogens is 2. The molecule has 3 aromatic rings. The number of benzene rings is 1. The van der Waals surface area contributed by atoms with E-state index >= 15 is 0 Å². The molecule has 274 valence electrons. The van der Waals surface area contributed by atoms with E-state index < -0.39 is 48.3 Å². The van der Waals surface area contributed by atoms with Crippen LogP contribution in [0.4, 0.5) is 4.79 Å². The summed E-state index contributed by atoms with van der Waals surface area (Å²) < 4.78 is 39.3. The topological polar surface area (TPSA) is 184 Å². The Morgan fingerprint density at radius 1 is 1.23 bits per heavy atom. The van der Waals surface area contributed by atoms with Gasteiger partial charge in [-0.3, -0.25) is 9.59 Å². The molecule has 1 aromatic carbocycles. The lowest BCUT2D eigenvalue weighted by Gasteiger charge is -2.30. The number of likely N-dealkylation sites (N-methyl/N-ethyl adjacent to an activating group) is 1. The van der Waals surface area contributed by atoms with Crippen molar-refractivity contribution in [3.63, 3.8) is 0 Å². The number of allylic oxidation sites excluding steroid dienone is 1. The fraction of sp³-hybridized carbons (Fsp3) is 0.471. The van der Waals surface area contributed by atoms with Crippen molar-refractivity contribution in [2.75, 3.05) is 27.2 Å². The lowest BCUT2D eigenvalue weighted by atomic mass is 10.1. The van der Waals surface area contributed by atoms with Gasteiger partial charge in [-0.25, -0.2) is 27.9 Å². The van der Waals surface area contributed by atoms with Crippen molar-refractivity contribution in [2.24, 2.45) is 5.92 Å². The number of carbonyl (C=O) groups is 3. The van der Waals surface area contributed by atoms with E-state index in [0.717, 1.165) is 12.8 Å². The Labute approximate surface area is 323 Å². The number of fused-ring (bicyclic) bond motifs is 3. The minimum Gasteiger partial charge on any atom is -0.495 e. The van der Waals surface area contributed by atoms with E-state index in [4.69, 9.17) is 26.1 Å². The van der Waals surface area contributed by atoms with Gasteiger partial charge in [0.2, 0.25) is 15.9 Å². The molecule has 52 heavy (non-hydrogen) atoms. The zero-order valence-electron chi connectivity index (χ0n) is 28.2. The smallest absolute Gasteiger partial charge is 0.319 e. The summed E-state index contributed by atoms with van der Waals surface area (Å²) in [7, 11) is -0.786. The minimum absolute atomic E-state index is 0.0116. The number of rotatable bonds is 7. The second kappa shape index (κ2) is 13.9. The summed E-state index contributed by atoms with van der Waals surface area (Å²) in [5, 5.41) is 15.1. The molecule has 0 unspecified atom stereocenters. The largest absolute Gasteiger partial charge is 0.495 e. The summed E-state index contributed by atoms with van der Waals surface area (Å²) in [4.78, 5) is 53.9. The molecule has 3 fully saturated rings. The number of ether oxygens (including phenoxy) is 2. The Hall–Kier alpha value is -3.73. The molecule has 4 aliphatic rings. The van der Waals surface area contributed by atoms with Crippen LogP contribution >= 0.6 is 45.5 Å². The normalized spacial score (nSPS) is 26.3. The molecule has 14 nitrogen and oxygen atoms in total. The molecule has 1 saturated heterocycles. The standard InChI is InChI=1S/C34H35ClIN7O7S2/c1-42-12-6-4-3-5-7-19-15-34(19,31(45)41-52(47,48)33(36)10-11-33)40-32(46)43-17-21(13-24(43)30(42)44)50-26-14-23(29-38-20(16-37)18-51-29)39-28-22(26)8-9-25(49-2)27(28)35/h5,7-9,14,18-19,21,24H,3-4,6,10-13,15,17H2,1-2H3,(H,40,46)(H,41,45)/b7-5-/t19-,21+,24+,34-/m1/s1. The summed E-state index contributed by atoms with van der Waals surface area (Å²) in [5.41, 5.74) is -0.474. The molecule has 2 saturated carbocycles. The van der Waals surface area contributed by atoms with Gasteiger partial charge in [0.15, 0.2) is 5.69 Å². The number of aromatic nitrogens is 2. The SMILES string of the molecule is COc1ccc2c(O[C@H]3C[C@H]4C(=O)N(C)CCCC/C=C\[C@@H]5C[C@@]5(C(=O)NS(=O)(=O)C5(I)CC5)NC(=O)N4C3)cc(-c3nc(C#N)cs3)nc2c1Cl. The minimum atomic E-state index is -3.98. The van der Waals surface area contributed by atoms with E-state index in [9.17, 15) is 28.1 Å². The predicted octanol–water partition coefficient (Wildman–Crippen LogP) is 4.75. The maximum absolute atomic E-state index is 14.2. The highest BCUT2D eigenvalue weighted by Gasteiger charge is 2.63. The molecule has 7 rings (SSSR count). The Balaban J connectivity index is 1.21. The number of carbonyl (C=O) groups excluding carboxylic acids is 3. The van der Waals surface area contributed by atoms with Gasteiger partial charge in [0, 0.05) is 42.8 Å². The molecule has 0 radical (unpaired) electrons. The summed E-state index contributed by atoms with van der Waals surface area (Å²) in [6, 6.07) is 5.56. The van der Waals surface area contributed by atoms with Gasteiger partial charge in [-0.1, -0.05) is 46.3 Å². The Morgan fingerprint density at radius 3 is 2.73 bits per heavy atom. The van der Waals surface area contributed by atoms with Crippen LogP contribution in [0, 0.1) is 17.2 Å². The molecule has 18 heteroatoms. The highest BCUT2D eigenvalue weighted by atomic mass is 127. The maximum Gasteiger partial charge on any atom is 0.319 e. The quantitative estimate of drug-likeness (QED) is 0.191. The van der Waals surface area contributed by atoms with Crippen LogP contribution in [0.2, 0.25) is 5.02 Å². The van der Waals surface area contributed by atoms with Gasteiger partial charge in [0.05, 0.1) is 19.2 Å². The first-order chi connectivity index (χ1) is 24.8. The highest BCUT2D eigenvalue weighted by molar-refractivity contribution is 14.1. The van der Waals surface area contributed by atoms with Crippen molar-refractivity contribution >= 4 is 84.3 Å². The van der Waals surface area contributed by atoms with Crippen molar-refractivity contribution in [3.8, 4) is 28.3 Å². The van der Waals surface area contributed by atoms with E-state index in [1.54, 1.807) is 35.5 Å². The van der Waals surface area contributed by atoms with Crippen molar-refractivity contribution in [2.45, 2.75) is 65.4 Å². The van der Waals surface area contributed by atoms with Gasteiger partial charge in [0.1, 0.15) is 53.7 Å². The van der Waals surface area contributed by atoms with E-state index in [-0.39, 0.29) is 36.0 Å². The number of hydrogen-bond donors (Lipinski definition) is 2. The molecular weight excluding hydrogens is 845 g/mol. The third-order valence-corrected chi connectivity index (χ3v) is 15.8. The van der Waals surface area contributed by atoms with E-state index in [2.05, 4.69) is 15.0 Å². The Bertz CT molecular complexity index is 2150. The zero-order valence-corrected chi connectivity index (χ0v) is 32.8. The van der Waals surface area contributed by atoms with Crippen molar-refractivity contribution < 1.29 is 32.3 Å². The number of nitrogens with one attached hydrogen (secondary N) is 2. The average molecular weight is 880 g/mol. The van der Waals surface area contributed by atoms with Crippen molar-refractivity contribution in [1.82, 2.24) is 29.8 Å². The van der Waals surface area contributed by atoms with E-state index in [0.29, 0.717) is 58.9 Å². The Kier molecular flexibility index (Phi) is 9.80. The molecule has 2 N–H and O–H groups in total. The van der Waals surface area contributed by atoms with Crippen LogP contribution in [0.5, 0.6) is 11.5 Å². The number of sulfonamides is 1. The molecule has 2 aliphatic carbocycles. The number of methoxy groups -OCH3 is 1. The van der Waals surface area contributed by atoms with E-state index in [1.807, 2.05) is 40.8 Å². The van der Waals surface area contributed by atoms with Crippen LogP contribution in [0.3, 0.4) is 0 Å². The van der Waals surface area contributed by atoms with Gasteiger partial charge in [0.25, 0.3) is 5.91 Å². The third kappa shape index (κ3) is 6.78. The average Bonchev–Trinajstić information content (AvgIpc) is 3.90. The van der Waals surface area contributed by atoms with Gasteiger partial charge in [-0.15, -0.1) is 11.3 Å². The van der Waals surface area contributed by atoms with Crippen LogP contribution in [0.15, 0.2) is 35.7 Å². The van der Waals surface area contributed by atoms with Crippen molar-refractivity contribution in [3.05, 3.63) is 46.4 Å². The van der Waals surface area contributed by atoms with Crippen molar-refractivity contribution in [1.29, 1.82) is 5.26 Å². The fourth-order valence-electron chi connectivity index (χ4n) is 6.69. The lowest BCUT2D eigenvalue weighted by Crippen LogP contribution is -2.58.